The highest BCUT2D eigenvalue weighted by molar-refractivity contribution is 7.81. The summed E-state index contributed by atoms with van der Waals surface area (Å²) < 4.78 is 26.3. The fraction of sp³-hybridized carbons (Fsp3) is 0.667. The number of esters is 1. The molecule has 8 nitrogen and oxygen atoms in total. The summed E-state index contributed by atoms with van der Waals surface area (Å²) in [6, 6.07) is 0. The zero-order chi connectivity index (χ0) is 14.3. The van der Waals surface area contributed by atoms with Crippen LogP contribution < -0.4 is 9.62 Å². The minimum atomic E-state index is -2.17. The van der Waals surface area contributed by atoms with Crippen molar-refractivity contribution in [3.63, 3.8) is 0 Å². The number of ether oxygens (including phenoxy) is 1. The predicted molar refractivity (Wildman–Crippen MR) is 72.3 cm³/mol. The molecule has 108 valence electrons. The van der Waals surface area contributed by atoms with E-state index in [1.807, 2.05) is 0 Å². The van der Waals surface area contributed by atoms with Crippen LogP contribution in [0, 0.1) is 6.92 Å². The van der Waals surface area contributed by atoms with Gasteiger partial charge in [0.05, 0.1) is 13.2 Å². The Bertz CT molecular complexity index is 440. The van der Waals surface area contributed by atoms with Gasteiger partial charge in [0, 0.05) is 13.1 Å². The first-order valence-electron chi connectivity index (χ1n) is 5.59. The summed E-state index contributed by atoms with van der Waals surface area (Å²) in [6.45, 7) is 4.47. The van der Waals surface area contributed by atoms with E-state index in [0.29, 0.717) is 23.3 Å². The van der Waals surface area contributed by atoms with Gasteiger partial charge in [-0.2, -0.15) is 0 Å². The molecule has 1 rings (SSSR count). The van der Waals surface area contributed by atoms with Gasteiger partial charge >= 0.3 is 5.97 Å². The van der Waals surface area contributed by atoms with Crippen LogP contribution in [0.4, 0.5) is 5.13 Å². The van der Waals surface area contributed by atoms with E-state index in [4.69, 9.17) is 4.74 Å². The molecular weight excluding hydrogens is 292 g/mol. The van der Waals surface area contributed by atoms with Gasteiger partial charge in [-0.25, -0.2) is 8.51 Å². The predicted octanol–water partition coefficient (Wildman–Crippen LogP) is -0.0577. The fourth-order valence-electron chi connectivity index (χ4n) is 1.21. The molecule has 1 aromatic heterocycles. The Hall–Kier alpha value is -1.10. The van der Waals surface area contributed by atoms with E-state index in [1.165, 1.54) is 15.6 Å². The molecule has 0 fully saturated rings. The zero-order valence-electron chi connectivity index (χ0n) is 10.7. The number of hydrogen-bond acceptors (Lipinski definition) is 7. The maximum Gasteiger partial charge on any atom is 0.319 e. The van der Waals surface area contributed by atoms with Crippen LogP contribution in [0.15, 0.2) is 0 Å². The number of rotatable bonds is 8. The second-order valence-corrected chi connectivity index (χ2v) is 5.48. The van der Waals surface area contributed by atoms with Crippen molar-refractivity contribution in [3.05, 3.63) is 5.01 Å². The van der Waals surface area contributed by atoms with Gasteiger partial charge in [-0.05, 0) is 13.8 Å². The number of aromatic nitrogens is 2. The first-order valence-corrected chi connectivity index (χ1v) is 7.47. The molecule has 0 aliphatic rings. The van der Waals surface area contributed by atoms with Crippen molar-refractivity contribution in [3.8, 4) is 0 Å². The third kappa shape index (κ3) is 5.59. The van der Waals surface area contributed by atoms with Crippen LogP contribution in [-0.4, -0.2) is 51.2 Å². The van der Waals surface area contributed by atoms with E-state index in [2.05, 4.69) is 15.5 Å². The van der Waals surface area contributed by atoms with E-state index in [0.717, 1.165) is 0 Å². The van der Waals surface area contributed by atoms with Crippen LogP contribution in [0.5, 0.6) is 0 Å². The van der Waals surface area contributed by atoms with Gasteiger partial charge in [0.1, 0.15) is 5.01 Å². The molecule has 1 heterocycles. The molecule has 0 spiro atoms. The van der Waals surface area contributed by atoms with E-state index in [-0.39, 0.29) is 19.1 Å². The summed E-state index contributed by atoms with van der Waals surface area (Å²) in [5.41, 5.74) is 0. The molecule has 0 saturated carbocycles. The first-order chi connectivity index (χ1) is 9.04. The van der Waals surface area contributed by atoms with Gasteiger partial charge in [0.2, 0.25) is 5.13 Å². The number of anilines is 1. The lowest BCUT2D eigenvalue weighted by molar-refractivity contribution is -0.141. The molecule has 0 amide bonds. The van der Waals surface area contributed by atoms with Crippen molar-refractivity contribution in [1.29, 1.82) is 0 Å². The smallest absolute Gasteiger partial charge is 0.319 e. The molecule has 19 heavy (non-hydrogen) atoms. The first kappa shape index (κ1) is 16.0. The minimum absolute atomic E-state index is 0.0644. The average Bonchev–Trinajstić information content (AvgIpc) is 2.75. The van der Waals surface area contributed by atoms with Crippen LogP contribution in [0.2, 0.25) is 0 Å². The maximum atomic E-state index is 11.2. The van der Waals surface area contributed by atoms with Gasteiger partial charge in [-0.1, -0.05) is 11.3 Å². The third-order valence-corrected chi connectivity index (χ3v) is 3.69. The number of nitrogens with zero attached hydrogens (tertiary/aromatic N) is 3. The molecule has 1 aromatic rings. The molecule has 0 aliphatic heterocycles. The lowest BCUT2D eigenvalue weighted by Gasteiger charge is -2.15. The normalized spacial score (nSPS) is 12.2. The van der Waals surface area contributed by atoms with Crippen LogP contribution in [0.3, 0.4) is 0 Å². The standard InChI is InChI=1S/C9H16N4O4S2/c1-3-17-8(14)6-10-4-5-13(19(15)16)9-12-11-7(2)18-9/h10H,3-6H2,1-2H3,(H,15,16). The molecule has 1 atom stereocenters. The van der Waals surface area contributed by atoms with Crippen molar-refractivity contribution in [1.82, 2.24) is 15.5 Å². The minimum Gasteiger partial charge on any atom is -0.465 e. The van der Waals surface area contributed by atoms with Gasteiger partial charge in [0.15, 0.2) is 0 Å². The fourth-order valence-corrected chi connectivity index (χ4v) is 2.55. The Balaban J connectivity index is 2.39. The second kappa shape index (κ2) is 8.15. The van der Waals surface area contributed by atoms with Gasteiger partial charge < -0.3 is 10.1 Å². The quantitative estimate of drug-likeness (QED) is 0.394. The Morgan fingerprint density at radius 2 is 2.32 bits per heavy atom. The maximum absolute atomic E-state index is 11.2. The highest BCUT2D eigenvalue weighted by Crippen LogP contribution is 2.19. The molecule has 0 aromatic carbocycles. The second-order valence-electron chi connectivity index (χ2n) is 3.42. The van der Waals surface area contributed by atoms with E-state index in [9.17, 15) is 13.6 Å². The van der Waals surface area contributed by atoms with Crippen LogP contribution in [-0.2, 0) is 20.8 Å². The Labute approximate surface area is 117 Å². The Morgan fingerprint density at radius 3 is 2.84 bits per heavy atom. The van der Waals surface area contributed by atoms with Gasteiger partial charge in [-0.15, -0.1) is 10.2 Å². The summed E-state index contributed by atoms with van der Waals surface area (Å²) in [6.07, 6.45) is 0. The molecule has 0 saturated heterocycles. The highest BCUT2D eigenvalue weighted by Gasteiger charge is 2.16. The van der Waals surface area contributed by atoms with Gasteiger partial charge in [-0.3, -0.25) is 9.35 Å². The van der Waals surface area contributed by atoms with E-state index < -0.39 is 11.3 Å². The molecule has 0 aliphatic carbocycles. The number of aryl methyl sites for hydroxylation is 1. The molecule has 0 bridgehead atoms. The largest absolute Gasteiger partial charge is 0.465 e. The summed E-state index contributed by atoms with van der Waals surface area (Å²) in [5, 5.41) is 11.5. The summed E-state index contributed by atoms with van der Waals surface area (Å²) in [5.74, 6) is -0.356. The molecule has 10 heteroatoms. The van der Waals surface area contributed by atoms with Crippen molar-refractivity contribution >= 4 is 33.7 Å². The molecule has 2 N–H and O–H groups in total. The van der Waals surface area contributed by atoms with Crippen LogP contribution in [0.25, 0.3) is 0 Å². The topological polar surface area (TPSA) is 105 Å². The van der Waals surface area contributed by atoms with Crippen molar-refractivity contribution < 1.29 is 18.3 Å². The van der Waals surface area contributed by atoms with Crippen molar-refractivity contribution in [2.75, 3.05) is 30.5 Å². The lowest BCUT2D eigenvalue weighted by atomic mass is 10.5. The molecule has 1 unspecified atom stereocenters. The number of carbonyl (C=O) groups excluding carboxylic acids is 1. The monoisotopic (exact) mass is 308 g/mol. The SMILES string of the molecule is CCOC(=O)CNCCN(c1nnc(C)s1)S(=O)O. The summed E-state index contributed by atoms with van der Waals surface area (Å²) in [4.78, 5) is 11.1. The lowest BCUT2D eigenvalue weighted by Crippen LogP contribution is -2.35. The van der Waals surface area contributed by atoms with E-state index in [1.54, 1.807) is 13.8 Å². The van der Waals surface area contributed by atoms with Crippen LogP contribution in [0.1, 0.15) is 11.9 Å². The van der Waals surface area contributed by atoms with Gasteiger partial charge in [0.25, 0.3) is 11.3 Å². The Morgan fingerprint density at radius 1 is 1.58 bits per heavy atom. The Kier molecular flexibility index (Phi) is 6.84. The number of nitrogens with one attached hydrogen (secondary N) is 1. The zero-order valence-corrected chi connectivity index (χ0v) is 12.3. The van der Waals surface area contributed by atoms with E-state index >= 15 is 0 Å². The number of hydrogen-bond donors (Lipinski definition) is 2. The van der Waals surface area contributed by atoms with Crippen molar-refractivity contribution in [2.24, 2.45) is 0 Å². The number of carbonyl (C=O) groups is 1. The third-order valence-electron chi connectivity index (χ3n) is 1.98. The summed E-state index contributed by atoms with van der Waals surface area (Å²) >= 11 is -0.946. The van der Waals surface area contributed by atoms with Crippen molar-refractivity contribution in [2.45, 2.75) is 13.8 Å². The average molecular weight is 308 g/mol. The van der Waals surface area contributed by atoms with Crippen LogP contribution >= 0.6 is 11.3 Å². The molecule has 0 radical (unpaired) electrons. The molecular formula is C9H16N4O4S2. The highest BCUT2D eigenvalue weighted by atomic mass is 32.2. The summed E-state index contributed by atoms with van der Waals surface area (Å²) in [7, 11) is 0.